The highest BCUT2D eigenvalue weighted by Gasteiger charge is 2.85. The standard InChI is InChI=1S/C12H10Cl4O2/c13-8-9(14)11(16)7-3-1-2-6(7)10(8,15)12(11)17-4-5-18-12/h1-2,6-7H,3-5H2/t6-,7+,10-,11-/m0/s1. The topological polar surface area (TPSA) is 18.5 Å². The summed E-state index contributed by atoms with van der Waals surface area (Å²) in [6.07, 6.45) is 4.95. The van der Waals surface area contributed by atoms with Crippen LogP contribution in [0.3, 0.4) is 0 Å². The van der Waals surface area contributed by atoms with E-state index in [1.807, 2.05) is 0 Å². The highest BCUT2D eigenvalue weighted by molar-refractivity contribution is 6.52. The number of rotatable bonds is 0. The Hall–Kier alpha value is 0.560. The molecule has 2 bridgehead atoms. The van der Waals surface area contributed by atoms with Gasteiger partial charge < -0.3 is 9.47 Å². The molecule has 4 aliphatic rings. The van der Waals surface area contributed by atoms with Crippen molar-refractivity contribution in [3.8, 4) is 0 Å². The van der Waals surface area contributed by atoms with Gasteiger partial charge in [-0.2, -0.15) is 0 Å². The predicted molar refractivity (Wildman–Crippen MR) is 71.3 cm³/mol. The quantitative estimate of drug-likeness (QED) is 0.500. The molecular formula is C12H10Cl4O2. The van der Waals surface area contributed by atoms with Gasteiger partial charge in [0, 0.05) is 11.8 Å². The molecule has 0 unspecified atom stereocenters. The highest BCUT2D eigenvalue weighted by Crippen LogP contribution is 2.76. The Labute approximate surface area is 125 Å². The Morgan fingerprint density at radius 1 is 1.06 bits per heavy atom. The Morgan fingerprint density at radius 2 is 1.67 bits per heavy atom. The zero-order chi connectivity index (χ0) is 12.8. The first-order valence-electron chi connectivity index (χ1n) is 5.89. The van der Waals surface area contributed by atoms with E-state index in [2.05, 4.69) is 12.2 Å². The van der Waals surface area contributed by atoms with E-state index >= 15 is 0 Å². The fourth-order valence-corrected chi connectivity index (χ4v) is 6.06. The normalized spacial score (nSPS) is 51.8. The lowest BCUT2D eigenvalue weighted by molar-refractivity contribution is -0.172. The van der Waals surface area contributed by atoms with Gasteiger partial charge in [-0.1, -0.05) is 35.4 Å². The number of allylic oxidation sites excluding steroid dienone is 2. The molecular weight excluding hydrogens is 318 g/mol. The monoisotopic (exact) mass is 326 g/mol. The van der Waals surface area contributed by atoms with Crippen LogP contribution in [0.15, 0.2) is 22.2 Å². The second-order valence-electron chi connectivity index (χ2n) is 5.16. The maximum absolute atomic E-state index is 6.85. The third-order valence-corrected chi connectivity index (χ3v) is 7.29. The van der Waals surface area contributed by atoms with Crippen molar-refractivity contribution in [3.05, 3.63) is 22.2 Å². The van der Waals surface area contributed by atoms with Crippen LogP contribution in [-0.4, -0.2) is 28.7 Å². The van der Waals surface area contributed by atoms with Crippen LogP contribution in [-0.2, 0) is 9.47 Å². The molecule has 0 aromatic rings. The van der Waals surface area contributed by atoms with Gasteiger partial charge in [-0.3, -0.25) is 0 Å². The maximum Gasteiger partial charge on any atom is 0.218 e. The van der Waals surface area contributed by atoms with Crippen molar-refractivity contribution >= 4 is 46.4 Å². The number of alkyl halides is 2. The lowest BCUT2D eigenvalue weighted by Crippen LogP contribution is -2.55. The molecule has 0 amide bonds. The summed E-state index contributed by atoms with van der Waals surface area (Å²) in [5.41, 5.74) is 0. The van der Waals surface area contributed by atoms with Crippen LogP contribution in [0.1, 0.15) is 6.42 Å². The summed E-state index contributed by atoms with van der Waals surface area (Å²) in [6.45, 7) is 0.918. The van der Waals surface area contributed by atoms with E-state index in [1.54, 1.807) is 0 Å². The molecule has 0 aromatic carbocycles. The number of ether oxygens (including phenoxy) is 2. The Balaban J connectivity index is 2.02. The van der Waals surface area contributed by atoms with Gasteiger partial charge in [-0.05, 0) is 6.42 Å². The molecule has 6 heteroatoms. The number of hydrogen-bond donors (Lipinski definition) is 0. The first-order chi connectivity index (χ1) is 8.50. The number of hydrogen-bond acceptors (Lipinski definition) is 2. The molecule has 1 heterocycles. The van der Waals surface area contributed by atoms with Crippen LogP contribution in [0.4, 0.5) is 0 Å². The zero-order valence-corrected chi connectivity index (χ0v) is 12.3. The number of halogens is 4. The predicted octanol–water partition coefficient (Wildman–Crippen LogP) is 3.59. The van der Waals surface area contributed by atoms with Crippen molar-refractivity contribution in [2.24, 2.45) is 11.8 Å². The molecule has 18 heavy (non-hydrogen) atoms. The van der Waals surface area contributed by atoms with E-state index < -0.39 is 15.5 Å². The van der Waals surface area contributed by atoms with Crippen molar-refractivity contribution in [1.29, 1.82) is 0 Å². The largest absolute Gasteiger partial charge is 0.344 e. The van der Waals surface area contributed by atoms with Gasteiger partial charge in [0.05, 0.1) is 23.3 Å². The van der Waals surface area contributed by atoms with Crippen molar-refractivity contribution in [3.63, 3.8) is 0 Å². The van der Waals surface area contributed by atoms with Gasteiger partial charge in [-0.15, -0.1) is 23.2 Å². The summed E-state index contributed by atoms with van der Waals surface area (Å²) in [7, 11) is 0. The second-order valence-corrected chi connectivity index (χ2v) is 7.11. The molecule has 0 N–H and O–H groups in total. The molecule has 1 spiro atoms. The lowest BCUT2D eigenvalue weighted by atomic mass is 9.84. The van der Waals surface area contributed by atoms with E-state index in [0.717, 1.165) is 6.42 Å². The molecule has 4 rings (SSSR count). The molecule has 98 valence electrons. The Bertz CT molecular complexity index is 496. The summed E-state index contributed by atoms with van der Waals surface area (Å²) in [4.78, 5) is -1.97. The molecule has 2 nitrogen and oxygen atoms in total. The van der Waals surface area contributed by atoms with Gasteiger partial charge in [0.1, 0.15) is 9.75 Å². The molecule has 1 aliphatic heterocycles. The minimum absolute atomic E-state index is 0.00441. The maximum atomic E-state index is 6.85. The molecule has 0 aromatic heterocycles. The van der Waals surface area contributed by atoms with Gasteiger partial charge in [0.15, 0.2) is 0 Å². The molecule has 2 fully saturated rings. The van der Waals surface area contributed by atoms with E-state index in [-0.39, 0.29) is 11.8 Å². The fourth-order valence-electron chi connectivity index (χ4n) is 3.95. The molecule has 4 atom stereocenters. The van der Waals surface area contributed by atoms with Gasteiger partial charge in [0.2, 0.25) is 5.79 Å². The van der Waals surface area contributed by atoms with Gasteiger partial charge in [0.25, 0.3) is 0 Å². The third-order valence-electron chi connectivity index (χ3n) is 4.62. The Kier molecular flexibility index (Phi) is 2.33. The van der Waals surface area contributed by atoms with Crippen LogP contribution in [0.2, 0.25) is 0 Å². The first kappa shape index (κ1) is 12.3. The van der Waals surface area contributed by atoms with Gasteiger partial charge in [-0.25, -0.2) is 0 Å². The second kappa shape index (κ2) is 3.41. The van der Waals surface area contributed by atoms with Gasteiger partial charge >= 0.3 is 0 Å². The van der Waals surface area contributed by atoms with E-state index in [9.17, 15) is 0 Å². The van der Waals surface area contributed by atoms with Crippen molar-refractivity contribution < 1.29 is 9.47 Å². The number of fused-ring (bicyclic) bond motifs is 3. The minimum Gasteiger partial charge on any atom is -0.344 e. The average molecular weight is 328 g/mol. The van der Waals surface area contributed by atoms with Crippen LogP contribution >= 0.6 is 46.4 Å². The summed E-state index contributed by atoms with van der Waals surface area (Å²) in [5.74, 6) is -1.05. The molecule has 3 aliphatic carbocycles. The van der Waals surface area contributed by atoms with Crippen LogP contribution < -0.4 is 0 Å². The zero-order valence-electron chi connectivity index (χ0n) is 9.26. The third kappa shape index (κ3) is 0.933. The van der Waals surface area contributed by atoms with Crippen LogP contribution in [0.25, 0.3) is 0 Å². The van der Waals surface area contributed by atoms with Crippen molar-refractivity contribution in [2.75, 3.05) is 13.2 Å². The average Bonchev–Trinajstić information content (AvgIpc) is 3.06. The Morgan fingerprint density at radius 3 is 2.33 bits per heavy atom. The summed E-state index contributed by atoms with van der Waals surface area (Å²) < 4.78 is 11.7. The highest BCUT2D eigenvalue weighted by atomic mass is 35.5. The van der Waals surface area contributed by atoms with E-state index in [0.29, 0.717) is 23.3 Å². The fraction of sp³-hybridized carbons (Fsp3) is 0.667. The van der Waals surface area contributed by atoms with E-state index in [1.165, 1.54) is 0 Å². The lowest BCUT2D eigenvalue weighted by Gasteiger charge is -2.39. The van der Waals surface area contributed by atoms with Crippen molar-refractivity contribution in [2.45, 2.75) is 22.0 Å². The van der Waals surface area contributed by atoms with E-state index in [4.69, 9.17) is 55.9 Å². The van der Waals surface area contributed by atoms with Crippen LogP contribution in [0, 0.1) is 11.8 Å². The smallest absolute Gasteiger partial charge is 0.218 e. The SMILES string of the molecule is ClC1=C(Cl)[C@@]2(Cl)[C@H]3C=CC[C@H]3[C@@]1(Cl)C21OCCO1. The van der Waals surface area contributed by atoms with Crippen molar-refractivity contribution in [1.82, 2.24) is 0 Å². The molecule has 1 saturated carbocycles. The minimum atomic E-state index is -1.13. The summed E-state index contributed by atoms with van der Waals surface area (Å²) in [6, 6.07) is 0. The molecule has 0 radical (unpaired) electrons. The first-order valence-corrected chi connectivity index (χ1v) is 7.40. The summed E-state index contributed by atoms with van der Waals surface area (Å²) >= 11 is 26.4. The summed E-state index contributed by atoms with van der Waals surface area (Å²) in [5, 5.41) is 0.753. The van der Waals surface area contributed by atoms with Crippen LogP contribution in [0.5, 0.6) is 0 Å². The molecule has 1 saturated heterocycles.